The number of hydrogen-bond acceptors (Lipinski definition) is 5. The zero-order valence-electron chi connectivity index (χ0n) is 13.6. The Morgan fingerprint density at radius 1 is 1.16 bits per heavy atom. The molecule has 0 radical (unpaired) electrons. The number of nitrogens with zero attached hydrogens (tertiary/aromatic N) is 3. The van der Waals surface area contributed by atoms with E-state index in [0.29, 0.717) is 12.2 Å². The van der Waals surface area contributed by atoms with Crippen molar-refractivity contribution >= 4 is 21.6 Å². The summed E-state index contributed by atoms with van der Waals surface area (Å²) in [5.41, 5.74) is 2.42. The molecule has 1 aliphatic rings. The van der Waals surface area contributed by atoms with Crippen molar-refractivity contribution in [3.63, 3.8) is 0 Å². The minimum Gasteiger partial charge on any atom is -0.454 e. The predicted octanol–water partition coefficient (Wildman–Crippen LogP) is 2.82. The molecular formula is C18H16BrN3O3. The predicted molar refractivity (Wildman–Crippen MR) is 96.9 cm³/mol. The second-order valence-electron chi connectivity index (χ2n) is 6.02. The fourth-order valence-corrected chi connectivity index (χ4v) is 3.23. The summed E-state index contributed by atoms with van der Waals surface area (Å²) in [4.78, 5) is 19.0. The van der Waals surface area contributed by atoms with Gasteiger partial charge in [0.25, 0.3) is 5.56 Å². The van der Waals surface area contributed by atoms with Crippen molar-refractivity contribution in [3.8, 4) is 11.5 Å². The van der Waals surface area contributed by atoms with Gasteiger partial charge in [0.1, 0.15) is 5.65 Å². The first kappa shape index (κ1) is 16.1. The molecule has 3 aromatic rings. The quantitative estimate of drug-likeness (QED) is 0.672. The average Bonchev–Trinajstić information content (AvgIpc) is 3.03. The van der Waals surface area contributed by atoms with Gasteiger partial charge in [0.2, 0.25) is 6.79 Å². The smallest absolute Gasteiger partial charge is 0.258 e. The second kappa shape index (κ2) is 6.50. The maximum absolute atomic E-state index is 12.3. The molecule has 0 aliphatic carbocycles. The Balaban J connectivity index is 1.52. The van der Waals surface area contributed by atoms with Crippen LogP contribution in [0.5, 0.6) is 11.5 Å². The fourth-order valence-electron chi connectivity index (χ4n) is 2.89. The molecule has 6 nitrogen and oxygen atoms in total. The van der Waals surface area contributed by atoms with Crippen LogP contribution in [0.4, 0.5) is 0 Å². The van der Waals surface area contributed by atoms with Crippen molar-refractivity contribution in [1.82, 2.24) is 14.3 Å². The van der Waals surface area contributed by atoms with Crippen molar-refractivity contribution < 1.29 is 9.47 Å². The van der Waals surface area contributed by atoms with Crippen LogP contribution in [0.1, 0.15) is 11.3 Å². The molecule has 0 unspecified atom stereocenters. The Labute approximate surface area is 152 Å². The summed E-state index contributed by atoms with van der Waals surface area (Å²) < 4.78 is 13.1. The standard InChI is InChI=1S/C18H16BrN3O3/c1-21(8-12-2-4-15-16(6-12)25-11-24-15)10-14-7-18(23)22-9-13(19)3-5-17(22)20-14/h2-7,9H,8,10-11H2,1H3. The highest BCUT2D eigenvalue weighted by Gasteiger charge is 2.14. The molecule has 0 saturated heterocycles. The van der Waals surface area contributed by atoms with Crippen LogP contribution < -0.4 is 15.0 Å². The molecule has 4 rings (SSSR count). The van der Waals surface area contributed by atoms with Gasteiger partial charge in [-0.25, -0.2) is 4.98 Å². The lowest BCUT2D eigenvalue weighted by atomic mass is 10.2. The molecule has 0 fully saturated rings. The van der Waals surface area contributed by atoms with Gasteiger partial charge in [0.15, 0.2) is 11.5 Å². The average molecular weight is 402 g/mol. The first-order chi connectivity index (χ1) is 12.1. The number of fused-ring (bicyclic) bond motifs is 2. The molecule has 0 bridgehead atoms. The van der Waals surface area contributed by atoms with Gasteiger partial charge in [0, 0.05) is 29.8 Å². The third-order valence-electron chi connectivity index (χ3n) is 4.00. The van der Waals surface area contributed by atoms with Crippen molar-refractivity contribution in [2.75, 3.05) is 13.8 Å². The van der Waals surface area contributed by atoms with Crippen LogP contribution in [-0.4, -0.2) is 28.1 Å². The van der Waals surface area contributed by atoms with Crippen LogP contribution >= 0.6 is 15.9 Å². The number of rotatable bonds is 4. The van der Waals surface area contributed by atoms with Gasteiger partial charge in [-0.15, -0.1) is 0 Å². The van der Waals surface area contributed by atoms with E-state index in [2.05, 4.69) is 25.8 Å². The summed E-state index contributed by atoms with van der Waals surface area (Å²) in [5.74, 6) is 1.56. The SMILES string of the molecule is CN(Cc1ccc2c(c1)OCO2)Cc1cc(=O)n2cc(Br)ccc2n1. The zero-order chi connectivity index (χ0) is 17.4. The Morgan fingerprint density at radius 2 is 2.00 bits per heavy atom. The van der Waals surface area contributed by atoms with Crippen LogP contribution in [0.3, 0.4) is 0 Å². The lowest BCUT2D eigenvalue weighted by Crippen LogP contribution is -2.21. The minimum absolute atomic E-state index is 0.0854. The molecular weight excluding hydrogens is 386 g/mol. The van der Waals surface area contributed by atoms with Gasteiger partial charge >= 0.3 is 0 Å². The lowest BCUT2D eigenvalue weighted by molar-refractivity contribution is 0.174. The molecule has 3 heterocycles. The Morgan fingerprint density at radius 3 is 2.88 bits per heavy atom. The molecule has 25 heavy (non-hydrogen) atoms. The number of halogens is 1. The molecule has 7 heteroatoms. The van der Waals surface area contributed by atoms with Gasteiger partial charge in [-0.3, -0.25) is 14.1 Å². The van der Waals surface area contributed by atoms with Crippen LogP contribution in [-0.2, 0) is 13.1 Å². The molecule has 0 atom stereocenters. The maximum atomic E-state index is 12.3. The van der Waals surface area contributed by atoms with Gasteiger partial charge < -0.3 is 9.47 Å². The van der Waals surface area contributed by atoms with E-state index in [1.807, 2.05) is 37.4 Å². The lowest BCUT2D eigenvalue weighted by Gasteiger charge is -2.16. The first-order valence-electron chi connectivity index (χ1n) is 7.83. The minimum atomic E-state index is -0.0854. The van der Waals surface area contributed by atoms with E-state index < -0.39 is 0 Å². The maximum Gasteiger partial charge on any atom is 0.258 e. The molecule has 0 N–H and O–H groups in total. The van der Waals surface area contributed by atoms with Gasteiger partial charge in [-0.1, -0.05) is 6.07 Å². The fraction of sp³-hybridized carbons (Fsp3) is 0.222. The number of hydrogen-bond donors (Lipinski definition) is 0. The van der Waals surface area contributed by atoms with E-state index in [4.69, 9.17) is 9.47 Å². The van der Waals surface area contributed by atoms with Crippen LogP contribution in [0.25, 0.3) is 5.65 Å². The van der Waals surface area contributed by atoms with Crippen molar-refractivity contribution in [3.05, 3.63) is 68.7 Å². The Bertz CT molecular complexity index is 1000. The van der Waals surface area contributed by atoms with E-state index in [1.165, 1.54) is 4.40 Å². The summed E-state index contributed by atoms with van der Waals surface area (Å²) in [5, 5.41) is 0. The number of aromatic nitrogens is 2. The van der Waals surface area contributed by atoms with E-state index in [1.54, 1.807) is 12.3 Å². The molecule has 2 aromatic heterocycles. The number of ether oxygens (including phenoxy) is 2. The van der Waals surface area contributed by atoms with E-state index in [0.717, 1.165) is 33.8 Å². The Hall–Kier alpha value is -2.38. The van der Waals surface area contributed by atoms with Crippen LogP contribution in [0.2, 0.25) is 0 Å². The molecule has 0 amide bonds. The molecule has 1 aromatic carbocycles. The van der Waals surface area contributed by atoms with Gasteiger partial charge in [-0.2, -0.15) is 0 Å². The van der Waals surface area contributed by atoms with Crippen molar-refractivity contribution in [2.24, 2.45) is 0 Å². The molecule has 0 saturated carbocycles. The number of pyridine rings is 1. The molecule has 128 valence electrons. The van der Waals surface area contributed by atoms with Crippen molar-refractivity contribution in [2.45, 2.75) is 13.1 Å². The van der Waals surface area contributed by atoms with Gasteiger partial charge in [0.05, 0.1) is 5.69 Å². The van der Waals surface area contributed by atoms with Crippen molar-refractivity contribution in [1.29, 1.82) is 0 Å². The summed E-state index contributed by atoms with van der Waals surface area (Å²) in [6, 6.07) is 11.2. The second-order valence-corrected chi connectivity index (χ2v) is 6.94. The summed E-state index contributed by atoms with van der Waals surface area (Å²) in [6.45, 7) is 1.57. The van der Waals surface area contributed by atoms with E-state index in [9.17, 15) is 4.79 Å². The summed E-state index contributed by atoms with van der Waals surface area (Å²) in [7, 11) is 2.00. The zero-order valence-corrected chi connectivity index (χ0v) is 15.2. The highest BCUT2D eigenvalue weighted by molar-refractivity contribution is 9.10. The van der Waals surface area contributed by atoms with Crippen LogP contribution in [0.15, 0.2) is 51.9 Å². The Kier molecular flexibility index (Phi) is 4.19. The van der Waals surface area contributed by atoms with Crippen LogP contribution in [0, 0.1) is 0 Å². The highest BCUT2D eigenvalue weighted by Crippen LogP contribution is 2.32. The largest absolute Gasteiger partial charge is 0.454 e. The third kappa shape index (κ3) is 3.38. The summed E-state index contributed by atoms with van der Waals surface area (Å²) >= 11 is 3.37. The highest BCUT2D eigenvalue weighted by atomic mass is 79.9. The van der Waals surface area contributed by atoms with E-state index >= 15 is 0 Å². The first-order valence-corrected chi connectivity index (χ1v) is 8.63. The molecule has 0 spiro atoms. The monoisotopic (exact) mass is 401 g/mol. The van der Waals surface area contributed by atoms with Gasteiger partial charge in [-0.05, 0) is 52.8 Å². The normalized spacial score (nSPS) is 12.9. The topological polar surface area (TPSA) is 56.1 Å². The molecule has 1 aliphatic heterocycles. The third-order valence-corrected chi connectivity index (χ3v) is 4.47. The van der Waals surface area contributed by atoms with E-state index in [-0.39, 0.29) is 12.4 Å². The number of benzene rings is 1. The summed E-state index contributed by atoms with van der Waals surface area (Å²) in [6.07, 6.45) is 1.73.